The molecular formula is C15H23NO2. The summed E-state index contributed by atoms with van der Waals surface area (Å²) in [5.74, 6) is 0.715. The number of amides is 1. The summed E-state index contributed by atoms with van der Waals surface area (Å²) in [5.41, 5.74) is 2.17. The van der Waals surface area contributed by atoms with Gasteiger partial charge in [-0.15, -0.1) is 0 Å². The van der Waals surface area contributed by atoms with Crippen molar-refractivity contribution in [2.24, 2.45) is 0 Å². The minimum absolute atomic E-state index is 0.0646. The van der Waals surface area contributed by atoms with Crippen LogP contribution in [0.15, 0.2) is 18.2 Å². The molecule has 1 N–H and O–H groups in total. The summed E-state index contributed by atoms with van der Waals surface area (Å²) in [6.07, 6.45) is 0.446. The van der Waals surface area contributed by atoms with E-state index >= 15 is 0 Å². The van der Waals surface area contributed by atoms with Crippen molar-refractivity contribution in [3.8, 4) is 5.75 Å². The van der Waals surface area contributed by atoms with Crippen LogP contribution in [0, 0.1) is 13.8 Å². The number of rotatable bonds is 5. The first kappa shape index (κ1) is 14.6. The van der Waals surface area contributed by atoms with E-state index < -0.39 is 6.10 Å². The molecule has 1 rings (SSSR count). The normalized spacial score (nSPS) is 13.8. The summed E-state index contributed by atoms with van der Waals surface area (Å²) in [6, 6.07) is 6.18. The number of ether oxygens (including phenoxy) is 1. The summed E-state index contributed by atoms with van der Waals surface area (Å²) in [5, 5.41) is 2.92. The molecule has 0 aliphatic rings. The highest BCUT2D eigenvalue weighted by atomic mass is 16.5. The maximum absolute atomic E-state index is 11.9. The van der Waals surface area contributed by atoms with E-state index in [1.807, 2.05) is 45.9 Å². The highest BCUT2D eigenvalue weighted by Gasteiger charge is 2.16. The molecule has 0 radical (unpaired) electrons. The number of carbonyl (C=O) groups excluding carboxylic acids is 1. The van der Waals surface area contributed by atoms with E-state index in [9.17, 15) is 4.79 Å². The van der Waals surface area contributed by atoms with Crippen LogP contribution < -0.4 is 10.1 Å². The first-order valence-corrected chi connectivity index (χ1v) is 6.48. The molecule has 0 aliphatic carbocycles. The van der Waals surface area contributed by atoms with Crippen LogP contribution in [0.2, 0.25) is 0 Å². The summed E-state index contributed by atoms with van der Waals surface area (Å²) in [7, 11) is 0. The van der Waals surface area contributed by atoms with Crippen LogP contribution in [-0.2, 0) is 4.79 Å². The molecule has 0 aromatic heterocycles. The molecular weight excluding hydrogens is 226 g/mol. The number of hydrogen-bond acceptors (Lipinski definition) is 2. The van der Waals surface area contributed by atoms with Gasteiger partial charge in [0.1, 0.15) is 5.75 Å². The molecule has 18 heavy (non-hydrogen) atoms. The quantitative estimate of drug-likeness (QED) is 0.871. The molecule has 100 valence electrons. The molecule has 2 atom stereocenters. The molecule has 0 unspecified atom stereocenters. The van der Waals surface area contributed by atoms with E-state index in [0.717, 1.165) is 23.3 Å². The molecule has 0 saturated carbocycles. The van der Waals surface area contributed by atoms with E-state index in [4.69, 9.17) is 4.74 Å². The second kappa shape index (κ2) is 6.43. The van der Waals surface area contributed by atoms with Crippen molar-refractivity contribution in [3.63, 3.8) is 0 Å². The lowest BCUT2D eigenvalue weighted by atomic mass is 10.1. The fraction of sp³-hybridized carbons (Fsp3) is 0.533. The molecule has 1 amide bonds. The number of aryl methyl sites for hydroxylation is 2. The first-order chi connectivity index (χ1) is 8.43. The summed E-state index contributed by atoms with van der Waals surface area (Å²) in [6.45, 7) is 9.80. The van der Waals surface area contributed by atoms with E-state index in [1.165, 1.54) is 0 Å². The maximum Gasteiger partial charge on any atom is 0.260 e. The maximum atomic E-state index is 11.9. The predicted octanol–water partition coefficient (Wildman–Crippen LogP) is 2.99. The van der Waals surface area contributed by atoms with E-state index in [-0.39, 0.29) is 11.9 Å². The standard InChI is InChI=1S/C15H23NO2/c1-6-12(4)16-15(17)13(5)18-14-9-10(2)7-8-11(14)3/h7-9,12-13H,6H2,1-5H3,(H,16,17)/t12-,13-/m0/s1. The van der Waals surface area contributed by atoms with Crippen molar-refractivity contribution >= 4 is 5.91 Å². The highest BCUT2D eigenvalue weighted by molar-refractivity contribution is 5.81. The zero-order valence-corrected chi connectivity index (χ0v) is 11.9. The Labute approximate surface area is 110 Å². The van der Waals surface area contributed by atoms with Gasteiger partial charge in [0.2, 0.25) is 0 Å². The van der Waals surface area contributed by atoms with Gasteiger partial charge in [0.25, 0.3) is 5.91 Å². The van der Waals surface area contributed by atoms with Crippen molar-refractivity contribution in [1.29, 1.82) is 0 Å². The molecule has 0 fully saturated rings. The Hall–Kier alpha value is -1.51. The number of nitrogens with one attached hydrogen (secondary N) is 1. The zero-order chi connectivity index (χ0) is 13.7. The van der Waals surface area contributed by atoms with Crippen LogP contribution in [0.1, 0.15) is 38.3 Å². The number of hydrogen-bond donors (Lipinski definition) is 1. The highest BCUT2D eigenvalue weighted by Crippen LogP contribution is 2.20. The van der Waals surface area contributed by atoms with Gasteiger partial charge in [0.15, 0.2) is 6.10 Å². The van der Waals surface area contributed by atoms with Crippen molar-refractivity contribution < 1.29 is 9.53 Å². The van der Waals surface area contributed by atoms with Gasteiger partial charge in [-0.1, -0.05) is 19.1 Å². The summed E-state index contributed by atoms with van der Waals surface area (Å²) < 4.78 is 5.72. The molecule has 0 spiro atoms. The average molecular weight is 249 g/mol. The number of benzene rings is 1. The van der Waals surface area contributed by atoms with Gasteiger partial charge < -0.3 is 10.1 Å². The molecule has 0 heterocycles. The van der Waals surface area contributed by atoms with Crippen molar-refractivity contribution in [1.82, 2.24) is 5.32 Å². The van der Waals surface area contributed by atoms with Gasteiger partial charge >= 0.3 is 0 Å². The van der Waals surface area contributed by atoms with E-state index in [2.05, 4.69) is 5.32 Å². The van der Waals surface area contributed by atoms with Crippen LogP contribution in [-0.4, -0.2) is 18.1 Å². The van der Waals surface area contributed by atoms with Crippen molar-refractivity contribution in [2.75, 3.05) is 0 Å². The molecule has 3 heteroatoms. The number of carbonyl (C=O) groups is 1. The molecule has 0 bridgehead atoms. The Morgan fingerprint density at radius 2 is 2.00 bits per heavy atom. The zero-order valence-electron chi connectivity index (χ0n) is 11.9. The Balaban J connectivity index is 2.66. The van der Waals surface area contributed by atoms with E-state index in [0.29, 0.717) is 0 Å². The van der Waals surface area contributed by atoms with Gasteiger partial charge in [0, 0.05) is 6.04 Å². The topological polar surface area (TPSA) is 38.3 Å². The van der Waals surface area contributed by atoms with Crippen LogP contribution in [0.4, 0.5) is 0 Å². The predicted molar refractivity (Wildman–Crippen MR) is 73.9 cm³/mol. The lowest BCUT2D eigenvalue weighted by Crippen LogP contribution is -2.41. The van der Waals surface area contributed by atoms with Crippen LogP contribution in [0.5, 0.6) is 5.75 Å². The lowest BCUT2D eigenvalue weighted by Gasteiger charge is -2.19. The summed E-state index contributed by atoms with van der Waals surface area (Å²) >= 11 is 0. The molecule has 1 aromatic carbocycles. The van der Waals surface area contributed by atoms with Gasteiger partial charge in [-0.2, -0.15) is 0 Å². The first-order valence-electron chi connectivity index (χ1n) is 6.48. The van der Waals surface area contributed by atoms with E-state index in [1.54, 1.807) is 6.92 Å². The van der Waals surface area contributed by atoms with Crippen LogP contribution in [0.3, 0.4) is 0 Å². The Kier molecular flexibility index (Phi) is 5.20. The Bertz CT molecular complexity index is 415. The minimum Gasteiger partial charge on any atom is -0.481 e. The van der Waals surface area contributed by atoms with Crippen molar-refractivity contribution in [2.45, 2.75) is 53.2 Å². The van der Waals surface area contributed by atoms with Crippen LogP contribution in [0.25, 0.3) is 0 Å². The average Bonchev–Trinajstić information content (AvgIpc) is 2.33. The van der Waals surface area contributed by atoms with Crippen molar-refractivity contribution in [3.05, 3.63) is 29.3 Å². The molecule has 0 aliphatic heterocycles. The monoisotopic (exact) mass is 249 g/mol. The molecule has 1 aromatic rings. The Morgan fingerprint density at radius 3 is 2.61 bits per heavy atom. The summed E-state index contributed by atoms with van der Waals surface area (Å²) in [4.78, 5) is 11.9. The second-order valence-electron chi connectivity index (χ2n) is 4.85. The fourth-order valence-electron chi connectivity index (χ4n) is 1.54. The fourth-order valence-corrected chi connectivity index (χ4v) is 1.54. The van der Waals surface area contributed by atoms with Gasteiger partial charge in [0.05, 0.1) is 0 Å². The van der Waals surface area contributed by atoms with Gasteiger partial charge in [-0.05, 0) is 51.3 Å². The second-order valence-corrected chi connectivity index (χ2v) is 4.85. The molecule has 3 nitrogen and oxygen atoms in total. The third kappa shape index (κ3) is 4.06. The minimum atomic E-state index is -0.473. The largest absolute Gasteiger partial charge is 0.481 e. The lowest BCUT2D eigenvalue weighted by molar-refractivity contribution is -0.127. The van der Waals surface area contributed by atoms with Crippen LogP contribution >= 0.6 is 0 Å². The van der Waals surface area contributed by atoms with Gasteiger partial charge in [-0.25, -0.2) is 0 Å². The SMILES string of the molecule is CC[C@H](C)NC(=O)[C@H](C)Oc1cc(C)ccc1C. The molecule has 0 saturated heterocycles. The smallest absolute Gasteiger partial charge is 0.260 e. The third-order valence-corrected chi connectivity index (χ3v) is 3.02. The van der Waals surface area contributed by atoms with Gasteiger partial charge in [-0.3, -0.25) is 4.79 Å². The third-order valence-electron chi connectivity index (χ3n) is 3.02. The Morgan fingerprint density at radius 1 is 1.33 bits per heavy atom.